The summed E-state index contributed by atoms with van der Waals surface area (Å²) in [5, 5.41) is 8.09. The molecule has 1 radical (unpaired) electrons. The van der Waals surface area contributed by atoms with Gasteiger partial charge in [0.05, 0.1) is 0 Å². The van der Waals surface area contributed by atoms with Crippen molar-refractivity contribution in [3.8, 4) is 0 Å². The topological polar surface area (TPSA) is 0 Å². The molecule has 1 aliphatic rings. The Hall–Kier alpha value is -3.12. The molecule has 0 heteroatoms. The van der Waals surface area contributed by atoms with Crippen molar-refractivity contribution in [2.24, 2.45) is 0 Å². The Morgan fingerprint density at radius 3 is 2.54 bits per heavy atom. The van der Waals surface area contributed by atoms with Crippen molar-refractivity contribution in [2.75, 3.05) is 0 Å². The molecule has 28 heavy (non-hydrogen) atoms. The van der Waals surface area contributed by atoms with Crippen LogP contribution in [0.2, 0.25) is 0 Å². The summed E-state index contributed by atoms with van der Waals surface area (Å²) in [5.74, 6) is 0.471. The molecule has 0 spiro atoms. The van der Waals surface area contributed by atoms with Crippen LogP contribution in [0.5, 0.6) is 0 Å². The second kappa shape index (κ2) is 6.21. The van der Waals surface area contributed by atoms with Crippen LogP contribution in [0.25, 0.3) is 32.3 Å². The van der Waals surface area contributed by atoms with Gasteiger partial charge < -0.3 is 0 Å². The molecule has 133 valence electrons. The third-order valence-electron chi connectivity index (χ3n) is 6.48. The van der Waals surface area contributed by atoms with Gasteiger partial charge in [-0.15, -0.1) is 0 Å². The van der Waals surface area contributed by atoms with E-state index in [0.717, 1.165) is 0 Å². The van der Waals surface area contributed by atoms with Gasteiger partial charge in [0, 0.05) is 5.92 Å². The quantitative estimate of drug-likeness (QED) is 0.274. The summed E-state index contributed by atoms with van der Waals surface area (Å²) in [6.07, 6.45) is 3.65. The predicted octanol–water partition coefficient (Wildman–Crippen LogP) is 7.41. The summed E-state index contributed by atoms with van der Waals surface area (Å²) in [5.41, 5.74) is 4.53. The highest BCUT2D eigenvalue weighted by molar-refractivity contribution is 6.08. The molecule has 0 nitrogen and oxygen atoms in total. The highest BCUT2D eigenvalue weighted by Crippen LogP contribution is 2.42. The van der Waals surface area contributed by atoms with Gasteiger partial charge >= 0.3 is 0 Å². The molecule has 0 bridgehead atoms. The first-order valence-corrected chi connectivity index (χ1v) is 10.2. The zero-order chi connectivity index (χ0) is 18.5. The summed E-state index contributed by atoms with van der Waals surface area (Å²) >= 11 is 0. The normalized spacial score (nSPS) is 16.5. The van der Waals surface area contributed by atoms with Crippen molar-refractivity contribution < 1.29 is 0 Å². The van der Waals surface area contributed by atoms with Crippen LogP contribution >= 0.6 is 0 Å². The fraction of sp³-hybridized carbons (Fsp3) is 0.143. The minimum absolute atomic E-state index is 0.471. The number of aryl methyl sites for hydroxylation is 1. The molecule has 1 aliphatic carbocycles. The minimum Gasteiger partial charge on any atom is -0.0616 e. The molecule has 0 saturated heterocycles. The lowest BCUT2D eigenvalue weighted by Crippen LogP contribution is -2.12. The van der Waals surface area contributed by atoms with Gasteiger partial charge in [-0.25, -0.2) is 0 Å². The number of rotatable bonds is 1. The van der Waals surface area contributed by atoms with Gasteiger partial charge in [0.25, 0.3) is 0 Å². The molecule has 0 saturated carbocycles. The van der Waals surface area contributed by atoms with E-state index in [1.165, 1.54) is 62.7 Å². The third-order valence-corrected chi connectivity index (χ3v) is 6.48. The van der Waals surface area contributed by atoms with Gasteiger partial charge in [0.1, 0.15) is 0 Å². The third kappa shape index (κ3) is 2.31. The van der Waals surface area contributed by atoms with E-state index in [2.05, 4.69) is 84.9 Å². The first-order chi connectivity index (χ1) is 13.9. The van der Waals surface area contributed by atoms with E-state index in [0.29, 0.717) is 5.92 Å². The molecule has 0 N–H and O–H groups in total. The maximum absolute atomic E-state index is 3.40. The summed E-state index contributed by atoms with van der Waals surface area (Å²) in [4.78, 5) is 0. The number of fused-ring (bicyclic) bond motifs is 6. The van der Waals surface area contributed by atoms with Crippen molar-refractivity contribution in [1.29, 1.82) is 0 Å². The van der Waals surface area contributed by atoms with Crippen LogP contribution in [0, 0.1) is 6.07 Å². The average molecular weight is 357 g/mol. The van der Waals surface area contributed by atoms with Crippen molar-refractivity contribution in [3.63, 3.8) is 0 Å². The lowest BCUT2D eigenvalue weighted by atomic mass is 9.76. The van der Waals surface area contributed by atoms with Crippen LogP contribution in [0.15, 0.2) is 84.9 Å². The Morgan fingerprint density at radius 1 is 0.643 bits per heavy atom. The van der Waals surface area contributed by atoms with E-state index in [4.69, 9.17) is 0 Å². The Kier molecular flexibility index (Phi) is 3.52. The van der Waals surface area contributed by atoms with Crippen LogP contribution in [0.4, 0.5) is 0 Å². The van der Waals surface area contributed by atoms with Gasteiger partial charge in [-0.05, 0) is 74.3 Å². The first-order valence-electron chi connectivity index (χ1n) is 10.2. The lowest BCUT2D eigenvalue weighted by molar-refractivity contribution is 0.622. The van der Waals surface area contributed by atoms with E-state index in [1.54, 1.807) is 5.56 Å². The highest BCUT2D eigenvalue weighted by Gasteiger charge is 2.24. The smallest absolute Gasteiger partial charge is 0.00985 e. The molecule has 5 aromatic carbocycles. The van der Waals surface area contributed by atoms with Gasteiger partial charge in [-0.3, -0.25) is 0 Å². The van der Waals surface area contributed by atoms with Crippen molar-refractivity contribution in [1.82, 2.24) is 0 Å². The Labute approximate surface area is 165 Å². The molecular formula is C28H21. The second-order valence-corrected chi connectivity index (χ2v) is 7.94. The minimum atomic E-state index is 0.471. The Morgan fingerprint density at radius 2 is 1.54 bits per heavy atom. The molecule has 1 atom stereocenters. The molecule has 0 aromatic heterocycles. The first kappa shape index (κ1) is 15.9. The van der Waals surface area contributed by atoms with Gasteiger partial charge in [-0.1, -0.05) is 84.9 Å². The zero-order valence-electron chi connectivity index (χ0n) is 15.8. The van der Waals surface area contributed by atoms with E-state index in [1.807, 2.05) is 6.07 Å². The summed E-state index contributed by atoms with van der Waals surface area (Å²) in [6.45, 7) is 0. The molecule has 0 amide bonds. The van der Waals surface area contributed by atoms with Crippen molar-refractivity contribution >= 4 is 32.3 Å². The van der Waals surface area contributed by atoms with E-state index in [9.17, 15) is 0 Å². The number of hydrogen-bond acceptors (Lipinski definition) is 0. The van der Waals surface area contributed by atoms with Gasteiger partial charge in [0.15, 0.2) is 0 Å². The maximum Gasteiger partial charge on any atom is 0.00985 e. The van der Waals surface area contributed by atoms with Crippen molar-refractivity contribution in [2.45, 2.75) is 25.2 Å². The molecule has 0 aliphatic heterocycles. The maximum atomic E-state index is 3.40. The van der Waals surface area contributed by atoms with Gasteiger partial charge in [0.2, 0.25) is 0 Å². The largest absolute Gasteiger partial charge is 0.0616 e. The zero-order valence-corrected chi connectivity index (χ0v) is 15.8. The van der Waals surface area contributed by atoms with E-state index in [-0.39, 0.29) is 0 Å². The number of benzene rings is 5. The standard InChI is InChI=1S/C28H21/c1-3-10-21-19(7-1)9-5-12-23(21)24-13-6-14-25-27-16-15-20-8-2-4-11-22(20)26(27)17-18-28(24)25/h1-5,8-12,15-18,24H,6,13-14H2. The van der Waals surface area contributed by atoms with Gasteiger partial charge in [-0.2, -0.15) is 0 Å². The molecular weight excluding hydrogens is 336 g/mol. The molecule has 1 unspecified atom stereocenters. The van der Waals surface area contributed by atoms with Crippen molar-refractivity contribution in [3.05, 3.63) is 108 Å². The van der Waals surface area contributed by atoms with E-state index >= 15 is 0 Å². The lowest BCUT2D eigenvalue weighted by Gasteiger charge is -2.28. The molecule has 5 aromatic rings. The second-order valence-electron chi connectivity index (χ2n) is 7.94. The van der Waals surface area contributed by atoms with Crippen LogP contribution in [0.1, 0.15) is 35.4 Å². The Bertz CT molecular complexity index is 1340. The van der Waals surface area contributed by atoms with E-state index < -0.39 is 0 Å². The summed E-state index contributed by atoms with van der Waals surface area (Å²) in [7, 11) is 0. The average Bonchev–Trinajstić information content (AvgIpc) is 2.78. The van der Waals surface area contributed by atoms with Crippen LogP contribution in [-0.2, 0) is 6.42 Å². The monoisotopic (exact) mass is 357 g/mol. The summed E-state index contributed by atoms with van der Waals surface area (Å²) in [6, 6.07) is 34.6. The highest BCUT2D eigenvalue weighted by atomic mass is 14.3. The number of hydrogen-bond donors (Lipinski definition) is 0. The summed E-state index contributed by atoms with van der Waals surface area (Å²) < 4.78 is 0. The van der Waals surface area contributed by atoms with Crippen LogP contribution < -0.4 is 0 Å². The van der Waals surface area contributed by atoms with Crippen LogP contribution in [-0.4, -0.2) is 0 Å². The Balaban J connectivity index is 1.61. The fourth-order valence-electron chi connectivity index (χ4n) is 5.22. The predicted molar refractivity (Wildman–Crippen MR) is 119 cm³/mol. The molecule has 0 heterocycles. The molecule has 0 fully saturated rings. The van der Waals surface area contributed by atoms with Crippen LogP contribution in [0.3, 0.4) is 0 Å². The molecule has 6 rings (SSSR count). The SMILES string of the molecule is [c]1cccc2c(C3CCCc4c3ccc3c4ccc4ccccc43)cccc12. The fourth-order valence-corrected chi connectivity index (χ4v) is 5.22.